The topological polar surface area (TPSA) is 37.1 Å². The van der Waals surface area contributed by atoms with E-state index in [9.17, 15) is 0 Å². The second kappa shape index (κ2) is 7.29. The van der Waals surface area contributed by atoms with Crippen LogP contribution in [0.3, 0.4) is 0 Å². The molecule has 0 aliphatic rings. The summed E-state index contributed by atoms with van der Waals surface area (Å²) in [7, 11) is 0. The Hall–Kier alpha value is -2.55. The van der Waals surface area contributed by atoms with Crippen molar-refractivity contribution in [3.63, 3.8) is 0 Å². The predicted molar refractivity (Wildman–Crippen MR) is 89.4 cm³/mol. The van der Waals surface area contributed by atoms with E-state index in [0.29, 0.717) is 0 Å². The van der Waals surface area contributed by atoms with Crippen molar-refractivity contribution in [3.8, 4) is 0 Å². The highest BCUT2D eigenvalue weighted by atomic mass is 15.1. The maximum atomic E-state index is 4.24. The lowest BCUT2D eigenvalue weighted by Gasteiger charge is -2.01. The molecule has 2 aromatic carbocycles. The summed E-state index contributed by atoms with van der Waals surface area (Å²) in [4.78, 5) is 3.84. The Labute approximate surface area is 125 Å². The summed E-state index contributed by atoms with van der Waals surface area (Å²) >= 11 is 0. The summed E-state index contributed by atoms with van der Waals surface area (Å²) < 4.78 is 0. The number of rotatable bonds is 5. The lowest BCUT2D eigenvalue weighted by Crippen LogP contribution is -1.85. The van der Waals surface area contributed by atoms with Crippen LogP contribution in [0.25, 0.3) is 0 Å². The fourth-order valence-electron chi connectivity index (χ4n) is 1.84. The standard InChI is InChI=1S/C18H19N3/c1-4-14(2)13-15-5-7-17(8-6-15)20-21-18-11-9-16(19-3)10-12-18/h4-12H,3,13H2,1-2H3/b14-4+,21-20?. The van der Waals surface area contributed by atoms with Crippen molar-refractivity contribution in [2.75, 3.05) is 0 Å². The lowest BCUT2D eigenvalue weighted by atomic mass is 10.1. The summed E-state index contributed by atoms with van der Waals surface area (Å²) in [6.45, 7) is 7.68. The quantitative estimate of drug-likeness (QED) is 0.368. The molecule has 3 nitrogen and oxygen atoms in total. The second-order valence-electron chi connectivity index (χ2n) is 4.85. The Morgan fingerprint density at radius 2 is 1.38 bits per heavy atom. The van der Waals surface area contributed by atoms with Gasteiger partial charge in [-0.2, -0.15) is 10.2 Å². The van der Waals surface area contributed by atoms with E-state index in [0.717, 1.165) is 23.5 Å². The Morgan fingerprint density at radius 3 is 1.86 bits per heavy atom. The van der Waals surface area contributed by atoms with Crippen molar-refractivity contribution in [3.05, 3.63) is 65.7 Å². The minimum Gasteiger partial charge on any atom is -0.265 e. The molecule has 0 aliphatic heterocycles. The molecular formula is C18H19N3. The minimum absolute atomic E-state index is 0.802. The first-order chi connectivity index (χ1) is 10.2. The monoisotopic (exact) mass is 277 g/mol. The number of allylic oxidation sites excluding steroid dienone is 2. The average Bonchev–Trinajstić information content (AvgIpc) is 2.54. The fraction of sp³-hybridized carbons (Fsp3) is 0.167. The molecule has 0 spiro atoms. The van der Waals surface area contributed by atoms with Crippen LogP contribution >= 0.6 is 0 Å². The minimum atomic E-state index is 0.802. The van der Waals surface area contributed by atoms with Crippen LogP contribution in [-0.4, -0.2) is 6.72 Å². The van der Waals surface area contributed by atoms with E-state index in [2.05, 4.69) is 54.0 Å². The SMILES string of the molecule is C=Nc1ccc(N=Nc2ccc(C/C(C)=C/C)cc2)cc1. The molecule has 0 bridgehead atoms. The van der Waals surface area contributed by atoms with Gasteiger partial charge in [0.25, 0.3) is 0 Å². The van der Waals surface area contributed by atoms with E-state index >= 15 is 0 Å². The van der Waals surface area contributed by atoms with Gasteiger partial charge in [-0.15, -0.1) is 0 Å². The molecule has 0 unspecified atom stereocenters. The van der Waals surface area contributed by atoms with Gasteiger partial charge in [0.1, 0.15) is 0 Å². The van der Waals surface area contributed by atoms with Crippen LogP contribution in [0.4, 0.5) is 17.1 Å². The maximum Gasteiger partial charge on any atom is 0.0858 e. The molecule has 0 radical (unpaired) electrons. The van der Waals surface area contributed by atoms with E-state index < -0.39 is 0 Å². The lowest BCUT2D eigenvalue weighted by molar-refractivity contribution is 1.13. The number of aliphatic imine (C=N–C) groups is 1. The van der Waals surface area contributed by atoms with Gasteiger partial charge in [0.15, 0.2) is 0 Å². The molecule has 0 saturated carbocycles. The molecule has 0 saturated heterocycles. The average molecular weight is 277 g/mol. The van der Waals surface area contributed by atoms with Gasteiger partial charge in [0.05, 0.1) is 17.1 Å². The summed E-state index contributed by atoms with van der Waals surface area (Å²) in [5, 5.41) is 8.45. The number of azo groups is 1. The third-order valence-electron chi connectivity index (χ3n) is 3.23. The van der Waals surface area contributed by atoms with Gasteiger partial charge >= 0.3 is 0 Å². The Kier molecular flexibility index (Phi) is 5.16. The Morgan fingerprint density at radius 1 is 0.905 bits per heavy atom. The smallest absolute Gasteiger partial charge is 0.0858 e. The van der Waals surface area contributed by atoms with Gasteiger partial charge in [0, 0.05) is 0 Å². The molecule has 0 aromatic heterocycles. The second-order valence-corrected chi connectivity index (χ2v) is 4.85. The summed E-state index contributed by atoms with van der Waals surface area (Å²) in [6.07, 6.45) is 3.11. The van der Waals surface area contributed by atoms with Gasteiger partial charge in [-0.3, -0.25) is 4.99 Å². The molecule has 3 heteroatoms. The van der Waals surface area contributed by atoms with Crippen molar-refractivity contribution in [1.82, 2.24) is 0 Å². The van der Waals surface area contributed by atoms with Crippen LogP contribution in [0.15, 0.2) is 75.4 Å². The van der Waals surface area contributed by atoms with Crippen LogP contribution in [0, 0.1) is 0 Å². The molecule has 2 aromatic rings. The first-order valence-electron chi connectivity index (χ1n) is 6.90. The maximum absolute atomic E-state index is 4.24. The Balaban J connectivity index is 2.05. The summed E-state index contributed by atoms with van der Waals surface area (Å²) in [5.41, 5.74) is 5.13. The first kappa shape index (κ1) is 14.9. The van der Waals surface area contributed by atoms with Crippen LogP contribution in [-0.2, 0) is 6.42 Å². The highest BCUT2D eigenvalue weighted by Crippen LogP contribution is 2.21. The normalized spacial score (nSPS) is 11.8. The van der Waals surface area contributed by atoms with Gasteiger partial charge in [-0.1, -0.05) is 23.8 Å². The summed E-state index contributed by atoms with van der Waals surface area (Å²) in [5.74, 6) is 0. The molecule has 0 amide bonds. The molecule has 0 N–H and O–H groups in total. The van der Waals surface area contributed by atoms with E-state index in [4.69, 9.17) is 0 Å². The van der Waals surface area contributed by atoms with Crippen LogP contribution < -0.4 is 0 Å². The largest absolute Gasteiger partial charge is 0.265 e. The molecule has 106 valence electrons. The molecular weight excluding hydrogens is 258 g/mol. The predicted octanol–water partition coefficient (Wildman–Crippen LogP) is 5.94. The molecule has 0 fully saturated rings. The molecule has 2 rings (SSSR count). The van der Waals surface area contributed by atoms with Crippen molar-refractivity contribution >= 4 is 23.8 Å². The zero-order valence-electron chi connectivity index (χ0n) is 12.5. The summed E-state index contributed by atoms with van der Waals surface area (Å²) in [6, 6.07) is 15.6. The van der Waals surface area contributed by atoms with E-state index in [1.807, 2.05) is 36.4 Å². The third kappa shape index (κ3) is 4.49. The van der Waals surface area contributed by atoms with Crippen molar-refractivity contribution in [2.24, 2.45) is 15.2 Å². The molecule has 0 heterocycles. The van der Waals surface area contributed by atoms with Gasteiger partial charge in [-0.25, -0.2) is 0 Å². The first-order valence-corrected chi connectivity index (χ1v) is 6.90. The number of hydrogen-bond donors (Lipinski definition) is 0. The Bertz CT molecular complexity index is 650. The number of nitrogens with zero attached hydrogens (tertiary/aromatic N) is 3. The molecule has 0 aliphatic carbocycles. The fourth-order valence-corrected chi connectivity index (χ4v) is 1.84. The van der Waals surface area contributed by atoms with E-state index in [1.54, 1.807) is 0 Å². The van der Waals surface area contributed by atoms with Gasteiger partial charge in [0.2, 0.25) is 0 Å². The van der Waals surface area contributed by atoms with Gasteiger partial charge < -0.3 is 0 Å². The van der Waals surface area contributed by atoms with Crippen molar-refractivity contribution in [1.29, 1.82) is 0 Å². The van der Waals surface area contributed by atoms with Crippen molar-refractivity contribution < 1.29 is 0 Å². The zero-order chi connectivity index (χ0) is 15.1. The zero-order valence-corrected chi connectivity index (χ0v) is 12.5. The van der Waals surface area contributed by atoms with Crippen LogP contribution in [0.2, 0.25) is 0 Å². The van der Waals surface area contributed by atoms with Gasteiger partial charge in [-0.05, 0) is 68.9 Å². The van der Waals surface area contributed by atoms with Crippen LogP contribution in [0.5, 0.6) is 0 Å². The van der Waals surface area contributed by atoms with Crippen LogP contribution in [0.1, 0.15) is 19.4 Å². The number of benzene rings is 2. The highest BCUT2D eigenvalue weighted by Gasteiger charge is 1.96. The van der Waals surface area contributed by atoms with E-state index in [-0.39, 0.29) is 0 Å². The number of hydrogen-bond acceptors (Lipinski definition) is 3. The molecule has 0 atom stereocenters. The molecule has 21 heavy (non-hydrogen) atoms. The highest BCUT2D eigenvalue weighted by molar-refractivity contribution is 5.51. The van der Waals surface area contributed by atoms with Crippen molar-refractivity contribution in [2.45, 2.75) is 20.3 Å². The third-order valence-corrected chi connectivity index (χ3v) is 3.23. The van der Waals surface area contributed by atoms with E-state index in [1.165, 1.54) is 11.1 Å².